The fourth-order valence-electron chi connectivity index (χ4n) is 3.66. The molecule has 0 saturated heterocycles. The van der Waals surface area contributed by atoms with Gasteiger partial charge in [-0.1, -0.05) is 42.8 Å². The van der Waals surface area contributed by atoms with Crippen LogP contribution < -0.4 is 10.7 Å². The number of nitrogens with two attached hydrogens (primary N) is 1. The van der Waals surface area contributed by atoms with Crippen molar-refractivity contribution in [1.82, 2.24) is 14.9 Å². The molecule has 31 heavy (non-hydrogen) atoms. The van der Waals surface area contributed by atoms with Crippen LogP contribution in [0.3, 0.4) is 0 Å². The zero-order valence-electron chi connectivity index (χ0n) is 17.8. The molecule has 7 nitrogen and oxygen atoms in total. The molecule has 8 heteroatoms. The zero-order valence-corrected chi connectivity index (χ0v) is 18.7. The van der Waals surface area contributed by atoms with Crippen LogP contribution in [0.5, 0.6) is 0 Å². The molecular formula is C23H28N4O3S. The van der Waals surface area contributed by atoms with Crippen LogP contribution in [0.15, 0.2) is 53.5 Å². The summed E-state index contributed by atoms with van der Waals surface area (Å²) in [5.74, 6) is 0. The highest BCUT2D eigenvalue weighted by Crippen LogP contribution is 2.23. The van der Waals surface area contributed by atoms with E-state index in [1.807, 2.05) is 19.2 Å². The lowest BCUT2D eigenvalue weighted by atomic mass is 9.98. The number of nitrogens with zero attached hydrogens (tertiary/aromatic N) is 2. The van der Waals surface area contributed by atoms with Gasteiger partial charge in [0.05, 0.1) is 11.0 Å². The zero-order chi connectivity index (χ0) is 22.4. The fraction of sp³-hybridized carbons (Fsp3) is 0.304. The summed E-state index contributed by atoms with van der Waals surface area (Å²) < 4.78 is 17.6. The van der Waals surface area contributed by atoms with Crippen molar-refractivity contribution in [2.24, 2.45) is 5.14 Å². The van der Waals surface area contributed by atoms with E-state index in [-0.39, 0.29) is 5.56 Å². The van der Waals surface area contributed by atoms with Crippen molar-refractivity contribution in [3.63, 3.8) is 0 Å². The van der Waals surface area contributed by atoms with E-state index in [1.54, 1.807) is 0 Å². The van der Waals surface area contributed by atoms with Gasteiger partial charge >= 0.3 is 0 Å². The molecule has 0 amide bonds. The molecule has 0 fully saturated rings. The lowest BCUT2D eigenvalue weighted by Crippen LogP contribution is -2.28. The van der Waals surface area contributed by atoms with Crippen LogP contribution in [0.4, 0.5) is 0 Å². The smallest absolute Gasteiger partial charge is 0.251 e. The van der Waals surface area contributed by atoms with E-state index < -0.39 is 10.9 Å². The first-order valence-electron chi connectivity index (χ1n) is 10.2. The molecule has 0 atom stereocenters. The second kappa shape index (κ2) is 10.5. The van der Waals surface area contributed by atoms with Gasteiger partial charge in [0, 0.05) is 31.4 Å². The lowest BCUT2D eigenvalue weighted by molar-refractivity contribution is 0.293. The minimum absolute atomic E-state index is 0.00686. The summed E-state index contributed by atoms with van der Waals surface area (Å²) in [4.78, 5) is 22.0. The molecule has 2 aromatic heterocycles. The minimum Gasteiger partial charge on any atom is -0.320 e. The van der Waals surface area contributed by atoms with E-state index >= 15 is 0 Å². The summed E-state index contributed by atoms with van der Waals surface area (Å²) in [5, 5.41) is 4.06. The third-order valence-electron chi connectivity index (χ3n) is 5.33. The second-order valence-corrected chi connectivity index (χ2v) is 8.19. The van der Waals surface area contributed by atoms with Crippen LogP contribution in [0.2, 0.25) is 0 Å². The monoisotopic (exact) mass is 440 g/mol. The first-order valence-corrected chi connectivity index (χ1v) is 11.5. The Bertz CT molecular complexity index is 1210. The normalized spacial score (nSPS) is 14.3. The summed E-state index contributed by atoms with van der Waals surface area (Å²) in [6.45, 7) is 6.92. The highest BCUT2D eigenvalue weighted by molar-refractivity contribution is 7.69. The van der Waals surface area contributed by atoms with Gasteiger partial charge in [-0.25, -0.2) is 13.6 Å². The number of hydrogen-bond donors (Lipinski definition) is 3. The van der Waals surface area contributed by atoms with Gasteiger partial charge in [-0.3, -0.25) is 14.7 Å². The Morgan fingerprint density at radius 3 is 2.52 bits per heavy atom. The maximum absolute atomic E-state index is 12.1. The van der Waals surface area contributed by atoms with Gasteiger partial charge in [0.2, 0.25) is 0 Å². The summed E-state index contributed by atoms with van der Waals surface area (Å²) in [6.07, 6.45) is 6.04. The van der Waals surface area contributed by atoms with Gasteiger partial charge in [0.1, 0.15) is 0 Å². The van der Waals surface area contributed by atoms with Crippen molar-refractivity contribution in [3.8, 4) is 0 Å². The van der Waals surface area contributed by atoms with E-state index in [0.717, 1.165) is 54.6 Å². The highest BCUT2D eigenvalue weighted by atomic mass is 32.2. The number of thiol groups is 1. The minimum atomic E-state index is -2.62. The van der Waals surface area contributed by atoms with Crippen molar-refractivity contribution >= 4 is 27.5 Å². The van der Waals surface area contributed by atoms with Gasteiger partial charge in [-0.15, -0.1) is 0 Å². The number of pyridine rings is 2. The Morgan fingerprint density at radius 1 is 1.19 bits per heavy atom. The van der Waals surface area contributed by atoms with Crippen LogP contribution in [0, 0.1) is 6.92 Å². The SMILES string of the molecule is CCc1cc2ncc(CN3CC=C(c4ccc(C)cc4)CC3)cc2[nH]c1=O.N[SH](=O)=O. The predicted molar refractivity (Wildman–Crippen MR) is 125 cm³/mol. The number of H-pyrrole nitrogens is 1. The van der Waals surface area contributed by atoms with Crippen molar-refractivity contribution < 1.29 is 8.42 Å². The number of hydrogen-bond acceptors (Lipinski definition) is 5. The molecule has 1 aromatic carbocycles. The summed E-state index contributed by atoms with van der Waals surface area (Å²) in [6, 6.07) is 12.7. The van der Waals surface area contributed by atoms with E-state index in [4.69, 9.17) is 8.42 Å². The first-order chi connectivity index (χ1) is 14.9. The van der Waals surface area contributed by atoms with Gasteiger partial charge < -0.3 is 4.98 Å². The van der Waals surface area contributed by atoms with Gasteiger partial charge in [-0.05, 0) is 48.6 Å². The molecule has 3 heterocycles. The van der Waals surface area contributed by atoms with E-state index in [2.05, 4.69) is 63.3 Å². The molecule has 4 rings (SSSR count). The average molecular weight is 441 g/mol. The molecule has 0 saturated carbocycles. The van der Waals surface area contributed by atoms with Crippen molar-refractivity contribution in [1.29, 1.82) is 0 Å². The maximum Gasteiger partial charge on any atom is 0.251 e. The van der Waals surface area contributed by atoms with Crippen LogP contribution in [0.1, 0.15) is 35.6 Å². The third-order valence-corrected chi connectivity index (χ3v) is 5.33. The molecule has 0 spiro atoms. The van der Waals surface area contributed by atoms with Gasteiger partial charge in [0.25, 0.3) is 5.56 Å². The number of benzene rings is 1. The highest BCUT2D eigenvalue weighted by Gasteiger charge is 2.14. The Morgan fingerprint density at radius 2 is 1.90 bits per heavy atom. The Labute approximate surface area is 183 Å². The number of aromatic nitrogens is 2. The molecule has 3 aromatic rings. The average Bonchev–Trinajstić information content (AvgIpc) is 2.74. The third kappa shape index (κ3) is 6.33. The van der Waals surface area contributed by atoms with Gasteiger partial charge in [-0.2, -0.15) is 0 Å². The van der Waals surface area contributed by atoms with E-state index in [0.29, 0.717) is 0 Å². The van der Waals surface area contributed by atoms with Crippen molar-refractivity contribution in [2.45, 2.75) is 33.2 Å². The Kier molecular flexibility index (Phi) is 7.73. The number of aromatic amines is 1. The molecule has 0 unspecified atom stereocenters. The molecule has 1 aliphatic heterocycles. The molecule has 0 radical (unpaired) electrons. The lowest BCUT2D eigenvalue weighted by Gasteiger charge is -2.26. The molecule has 164 valence electrons. The predicted octanol–water partition coefficient (Wildman–Crippen LogP) is 2.55. The van der Waals surface area contributed by atoms with Crippen LogP contribution in [-0.2, 0) is 23.9 Å². The quantitative estimate of drug-likeness (QED) is 0.540. The van der Waals surface area contributed by atoms with Crippen molar-refractivity contribution in [3.05, 3.63) is 81.3 Å². The standard InChI is InChI=1S/C23H25N3O.H3NO2S/c1-3-18-13-21-22(25-23(18)27)12-17(14-24-21)15-26-10-8-20(9-11-26)19-6-4-16(2)5-7-19;1-4(2)3/h4-8,12-14H,3,9-11,15H2,1-2H3,(H,25,27);4H,(H2,1,2,3). The van der Waals surface area contributed by atoms with E-state index in [1.165, 1.54) is 16.7 Å². The molecule has 0 aliphatic carbocycles. The molecule has 1 aliphatic rings. The first kappa shape index (κ1) is 22.9. The molecule has 0 bridgehead atoms. The summed E-state index contributed by atoms with van der Waals surface area (Å²) in [5.41, 5.74) is 7.65. The van der Waals surface area contributed by atoms with Crippen LogP contribution in [0.25, 0.3) is 16.6 Å². The molecular weight excluding hydrogens is 412 g/mol. The maximum atomic E-state index is 12.1. The summed E-state index contributed by atoms with van der Waals surface area (Å²) >= 11 is 0. The number of fused-ring (bicyclic) bond motifs is 1. The van der Waals surface area contributed by atoms with Crippen LogP contribution in [-0.4, -0.2) is 36.4 Å². The Balaban J connectivity index is 0.000000628. The fourth-order valence-corrected chi connectivity index (χ4v) is 3.66. The number of rotatable bonds is 4. The second-order valence-electron chi connectivity index (χ2n) is 7.62. The van der Waals surface area contributed by atoms with Gasteiger partial charge in [0.15, 0.2) is 10.9 Å². The van der Waals surface area contributed by atoms with Crippen molar-refractivity contribution in [2.75, 3.05) is 13.1 Å². The number of nitrogens with one attached hydrogen (secondary N) is 1. The molecule has 3 N–H and O–H groups in total. The largest absolute Gasteiger partial charge is 0.320 e. The Hall–Kier alpha value is -2.81. The van der Waals surface area contributed by atoms with Crippen LogP contribution >= 0.6 is 0 Å². The summed E-state index contributed by atoms with van der Waals surface area (Å²) in [7, 11) is -2.62. The number of aryl methyl sites for hydroxylation is 2. The topological polar surface area (TPSA) is 109 Å². The van der Waals surface area contributed by atoms with E-state index in [9.17, 15) is 4.79 Å².